The molecule has 7 nitrogen and oxygen atoms in total. The Hall–Kier alpha value is -2.18. The third-order valence-electron chi connectivity index (χ3n) is 3.42. The van der Waals surface area contributed by atoms with Gasteiger partial charge in [-0.05, 0) is 12.8 Å². The highest BCUT2D eigenvalue weighted by Gasteiger charge is 2.25. The number of aromatic nitrogens is 5. The first-order chi connectivity index (χ1) is 10.1. The second-order valence-electron chi connectivity index (χ2n) is 5.06. The highest BCUT2D eigenvalue weighted by Crippen LogP contribution is 2.22. The molecule has 21 heavy (non-hydrogen) atoms. The Balaban J connectivity index is 2.48. The molecule has 0 bridgehead atoms. The standard InChI is InChI=1S/C14H21N5O2/c1-5-10(3)9-19-12(13-15-7-8-18(13)4)11(16-17-19)14(20)21-6-2/h7-8,10H,5-6,9H2,1-4H3. The third kappa shape index (κ3) is 3.12. The first-order valence-corrected chi connectivity index (χ1v) is 7.16. The summed E-state index contributed by atoms with van der Waals surface area (Å²) in [5, 5.41) is 8.12. The lowest BCUT2D eigenvalue weighted by molar-refractivity contribution is 0.0520. The first-order valence-electron chi connectivity index (χ1n) is 7.16. The lowest BCUT2D eigenvalue weighted by Crippen LogP contribution is -2.13. The molecule has 1 unspecified atom stereocenters. The number of imidazole rings is 1. The number of esters is 1. The van der Waals surface area contributed by atoms with Crippen LogP contribution >= 0.6 is 0 Å². The molecule has 1 atom stereocenters. The molecule has 0 aliphatic rings. The SMILES string of the molecule is CCOC(=O)c1nnn(CC(C)CC)c1-c1nccn1C. The molecule has 114 valence electrons. The van der Waals surface area contributed by atoms with Crippen LogP contribution in [0.3, 0.4) is 0 Å². The summed E-state index contributed by atoms with van der Waals surface area (Å²) in [5.74, 6) is 0.623. The van der Waals surface area contributed by atoms with Crippen molar-refractivity contribution in [3.8, 4) is 11.5 Å². The zero-order valence-electron chi connectivity index (χ0n) is 12.9. The molecule has 0 fully saturated rings. The van der Waals surface area contributed by atoms with Gasteiger partial charge in [-0.2, -0.15) is 0 Å². The Morgan fingerprint density at radius 1 is 1.43 bits per heavy atom. The van der Waals surface area contributed by atoms with Crippen LogP contribution in [0.4, 0.5) is 0 Å². The highest BCUT2D eigenvalue weighted by molar-refractivity contribution is 5.93. The zero-order valence-corrected chi connectivity index (χ0v) is 12.9. The average Bonchev–Trinajstić information content (AvgIpc) is 3.05. The van der Waals surface area contributed by atoms with Gasteiger partial charge in [0.2, 0.25) is 5.69 Å². The predicted octanol–water partition coefficient (Wildman–Crippen LogP) is 1.90. The minimum absolute atomic E-state index is 0.217. The molecule has 2 heterocycles. The van der Waals surface area contributed by atoms with Gasteiger partial charge >= 0.3 is 5.97 Å². The number of ether oxygens (including phenoxy) is 1. The van der Waals surface area contributed by atoms with Crippen molar-refractivity contribution in [1.29, 1.82) is 0 Å². The molecule has 0 radical (unpaired) electrons. The molecule has 0 spiro atoms. The summed E-state index contributed by atoms with van der Waals surface area (Å²) in [5.41, 5.74) is 0.829. The minimum Gasteiger partial charge on any atom is -0.461 e. The van der Waals surface area contributed by atoms with Crippen LogP contribution < -0.4 is 0 Å². The van der Waals surface area contributed by atoms with Crippen molar-refractivity contribution in [2.75, 3.05) is 6.61 Å². The van der Waals surface area contributed by atoms with Crippen LogP contribution in [0.1, 0.15) is 37.7 Å². The fourth-order valence-corrected chi connectivity index (χ4v) is 2.02. The molecular weight excluding hydrogens is 270 g/mol. The van der Waals surface area contributed by atoms with E-state index < -0.39 is 5.97 Å². The van der Waals surface area contributed by atoms with Gasteiger partial charge in [-0.3, -0.25) is 0 Å². The molecule has 2 aromatic rings. The van der Waals surface area contributed by atoms with E-state index in [9.17, 15) is 4.79 Å². The molecule has 0 aromatic carbocycles. The van der Waals surface area contributed by atoms with Crippen LogP contribution in [-0.2, 0) is 18.3 Å². The summed E-state index contributed by atoms with van der Waals surface area (Å²) in [6.45, 7) is 7.01. The molecule has 0 saturated heterocycles. The van der Waals surface area contributed by atoms with Gasteiger partial charge in [0.15, 0.2) is 5.82 Å². The maximum absolute atomic E-state index is 12.1. The topological polar surface area (TPSA) is 74.8 Å². The van der Waals surface area contributed by atoms with Gasteiger partial charge in [-0.1, -0.05) is 25.5 Å². The summed E-state index contributed by atoms with van der Waals surface area (Å²) < 4.78 is 8.64. The number of hydrogen-bond donors (Lipinski definition) is 0. The second-order valence-corrected chi connectivity index (χ2v) is 5.06. The van der Waals surface area contributed by atoms with Gasteiger partial charge < -0.3 is 9.30 Å². The molecule has 0 saturated carbocycles. The fraction of sp³-hybridized carbons (Fsp3) is 0.571. The van der Waals surface area contributed by atoms with Gasteiger partial charge in [0, 0.05) is 26.0 Å². The number of carbonyl (C=O) groups is 1. The second kappa shape index (κ2) is 6.51. The molecule has 0 amide bonds. The maximum Gasteiger partial charge on any atom is 0.361 e. The third-order valence-corrected chi connectivity index (χ3v) is 3.42. The number of rotatable bonds is 6. The minimum atomic E-state index is -0.467. The summed E-state index contributed by atoms with van der Waals surface area (Å²) in [6.07, 6.45) is 4.53. The van der Waals surface area contributed by atoms with E-state index in [0.717, 1.165) is 6.42 Å². The van der Waals surface area contributed by atoms with Gasteiger partial charge in [0.05, 0.1) is 6.61 Å². The van der Waals surface area contributed by atoms with Crippen molar-refractivity contribution in [2.45, 2.75) is 33.7 Å². The Morgan fingerprint density at radius 2 is 2.19 bits per heavy atom. The molecule has 0 aliphatic carbocycles. The lowest BCUT2D eigenvalue weighted by Gasteiger charge is -2.11. The fourth-order valence-electron chi connectivity index (χ4n) is 2.02. The molecule has 0 N–H and O–H groups in total. The van der Waals surface area contributed by atoms with Crippen LogP contribution in [0.5, 0.6) is 0 Å². The predicted molar refractivity (Wildman–Crippen MR) is 77.6 cm³/mol. The molecule has 2 rings (SSSR count). The average molecular weight is 291 g/mol. The van der Waals surface area contributed by atoms with E-state index >= 15 is 0 Å². The van der Waals surface area contributed by atoms with E-state index in [2.05, 4.69) is 29.1 Å². The monoisotopic (exact) mass is 291 g/mol. The summed E-state index contributed by atoms with van der Waals surface area (Å²) in [6, 6.07) is 0. The Kier molecular flexibility index (Phi) is 4.72. The smallest absolute Gasteiger partial charge is 0.361 e. The summed E-state index contributed by atoms with van der Waals surface area (Å²) in [4.78, 5) is 16.4. The van der Waals surface area contributed by atoms with Crippen molar-refractivity contribution in [3.63, 3.8) is 0 Å². The Labute approximate surface area is 123 Å². The van der Waals surface area contributed by atoms with Crippen molar-refractivity contribution < 1.29 is 9.53 Å². The lowest BCUT2D eigenvalue weighted by atomic mass is 10.1. The van der Waals surface area contributed by atoms with E-state index in [-0.39, 0.29) is 5.69 Å². The van der Waals surface area contributed by atoms with Crippen LogP contribution in [0, 0.1) is 5.92 Å². The quantitative estimate of drug-likeness (QED) is 0.760. The van der Waals surface area contributed by atoms with Crippen molar-refractivity contribution in [3.05, 3.63) is 18.1 Å². The number of nitrogens with zero attached hydrogens (tertiary/aromatic N) is 5. The van der Waals surface area contributed by atoms with E-state index in [1.54, 1.807) is 17.8 Å². The van der Waals surface area contributed by atoms with E-state index in [1.807, 2.05) is 17.8 Å². The van der Waals surface area contributed by atoms with Crippen molar-refractivity contribution in [2.24, 2.45) is 13.0 Å². The van der Waals surface area contributed by atoms with Gasteiger partial charge in [0.1, 0.15) is 5.69 Å². The Bertz CT molecular complexity index is 617. The van der Waals surface area contributed by atoms with Crippen LogP contribution in [0.25, 0.3) is 11.5 Å². The molecule has 2 aromatic heterocycles. The summed E-state index contributed by atoms with van der Waals surface area (Å²) >= 11 is 0. The van der Waals surface area contributed by atoms with Crippen LogP contribution in [0.2, 0.25) is 0 Å². The zero-order chi connectivity index (χ0) is 15.4. The van der Waals surface area contributed by atoms with Crippen LogP contribution in [-0.4, -0.2) is 37.1 Å². The first kappa shape index (κ1) is 15.2. The van der Waals surface area contributed by atoms with Crippen molar-refractivity contribution in [1.82, 2.24) is 24.5 Å². The molecule has 7 heteroatoms. The largest absolute Gasteiger partial charge is 0.461 e. The maximum atomic E-state index is 12.1. The van der Waals surface area contributed by atoms with Crippen molar-refractivity contribution >= 4 is 5.97 Å². The highest BCUT2D eigenvalue weighted by atomic mass is 16.5. The molecular formula is C14H21N5O2. The number of hydrogen-bond acceptors (Lipinski definition) is 5. The van der Waals surface area contributed by atoms with Crippen LogP contribution in [0.15, 0.2) is 12.4 Å². The number of carbonyl (C=O) groups excluding carboxylic acids is 1. The normalized spacial score (nSPS) is 12.4. The van der Waals surface area contributed by atoms with Gasteiger partial charge in [-0.25, -0.2) is 14.5 Å². The van der Waals surface area contributed by atoms with E-state index in [4.69, 9.17) is 4.74 Å². The summed E-state index contributed by atoms with van der Waals surface area (Å²) in [7, 11) is 1.87. The number of aryl methyl sites for hydroxylation is 1. The van der Waals surface area contributed by atoms with E-state index in [0.29, 0.717) is 30.6 Å². The van der Waals surface area contributed by atoms with E-state index in [1.165, 1.54) is 0 Å². The molecule has 0 aliphatic heterocycles. The van der Waals surface area contributed by atoms with Gasteiger partial charge in [0.25, 0.3) is 0 Å². The Morgan fingerprint density at radius 3 is 2.76 bits per heavy atom. The van der Waals surface area contributed by atoms with Gasteiger partial charge in [-0.15, -0.1) is 5.10 Å².